The summed E-state index contributed by atoms with van der Waals surface area (Å²) in [6.07, 6.45) is 1.36. The van der Waals surface area contributed by atoms with Crippen LogP contribution in [0.25, 0.3) is 11.2 Å². The molecule has 1 amide bonds. The van der Waals surface area contributed by atoms with Gasteiger partial charge in [0.1, 0.15) is 29.2 Å². The van der Waals surface area contributed by atoms with E-state index in [2.05, 4.69) is 32.1 Å². The number of aromatic nitrogens is 4. The normalized spacial score (nSPS) is 17.0. The van der Waals surface area contributed by atoms with E-state index in [4.69, 9.17) is 5.11 Å². The van der Waals surface area contributed by atoms with Crippen molar-refractivity contribution in [2.24, 2.45) is 0 Å². The molecule has 1 aliphatic rings. The first-order chi connectivity index (χ1) is 16.9. The van der Waals surface area contributed by atoms with Gasteiger partial charge in [0.25, 0.3) is 0 Å². The van der Waals surface area contributed by atoms with E-state index in [1.165, 1.54) is 25.1 Å². The summed E-state index contributed by atoms with van der Waals surface area (Å²) in [5.41, 5.74) is -5.54. The van der Waals surface area contributed by atoms with Gasteiger partial charge in [-0.25, -0.2) is 28.1 Å². The lowest BCUT2D eigenvalue weighted by atomic mass is 10.0. The fraction of sp³-hybridized carbons (Fsp3) is 0.333. The predicted octanol–water partition coefficient (Wildman–Crippen LogP) is 3.01. The van der Waals surface area contributed by atoms with Crippen LogP contribution in [-0.2, 0) is 10.0 Å². The predicted molar refractivity (Wildman–Crippen MR) is 119 cm³/mol. The van der Waals surface area contributed by atoms with Crippen LogP contribution in [0, 0.1) is 17.7 Å². The molecule has 0 radical (unpaired) electrons. The lowest BCUT2D eigenvalue weighted by Crippen LogP contribution is -2.30. The van der Waals surface area contributed by atoms with Crippen LogP contribution in [0.15, 0.2) is 30.7 Å². The van der Waals surface area contributed by atoms with Crippen LogP contribution in [0.4, 0.5) is 28.2 Å². The van der Waals surface area contributed by atoms with E-state index in [1.54, 1.807) is 4.90 Å². The maximum absolute atomic E-state index is 14.1. The number of nitrogens with one attached hydrogen (secondary N) is 1. The number of alkyl halides is 3. The molecule has 2 N–H and O–H groups in total. The summed E-state index contributed by atoms with van der Waals surface area (Å²) in [6.45, 7) is 1.91. The Balaban J connectivity index is 1.75. The fourth-order valence-corrected chi connectivity index (χ4v) is 4.64. The van der Waals surface area contributed by atoms with Crippen LogP contribution < -0.4 is 10.2 Å². The van der Waals surface area contributed by atoms with Crippen molar-refractivity contribution >= 4 is 33.1 Å². The molecule has 2 atom stereocenters. The number of rotatable bonds is 4. The third-order valence-electron chi connectivity index (χ3n) is 5.44. The van der Waals surface area contributed by atoms with Crippen molar-refractivity contribution in [2.75, 3.05) is 11.4 Å². The first-order valence-corrected chi connectivity index (χ1v) is 11.9. The van der Waals surface area contributed by atoms with Gasteiger partial charge < -0.3 is 15.3 Å². The van der Waals surface area contributed by atoms with E-state index in [1.807, 2.05) is 0 Å². The second kappa shape index (κ2) is 9.26. The highest BCUT2D eigenvalue weighted by atomic mass is 32.2. The smallest absolute Gasteiger partial charge is 0.465 e. The summed E-state index contributed by atoms with van der Waals surface area (Å²) >= 11 is 0. The quantitative estimate of drug-likeness (QED) is 0.392. The van der Waals surface area contributed by atoms with E-state index < -0.39 is 45.2 Å². The summed E-state index contributed by atoms with van der Waals surface area (Å²) in [5, 5.41) is 11.0. The number of fused-ring (bicyclic) bond motifs is 1. The molecule has 0 aliphatic carbocycles. The molecule has 190 valence electrons. The Bertz CT molecular complexity index is 1500. The van der Waals surface area contributed by atoms with Gasteiger partial charge in [-0.1, -0.05) is 5.92 Å². The van der Waals surface area contributed by atoms with Gasteiger partial charge in [-0.2, -0.15) is 21.6 Å². The topological polar surface area (TPSA) is 130 Å². The summed E-state index contributed by atoms with van der Waals surface area (Å²) < 4.78 is 77.4. The summed E-state index contributed by atoms with van der Waals surface area (Å²) in [4.78, 5) is 24.4. The molecule has 4 heterocycles. The first-order valence-electron chi connectivity index (χ1n) is 10.5. The van der Waals surface area contributed by atoms with Gasteiger partial charge in [-0.3, -0.25) is 0 Å². The van der Waals surface area contributed by atoms with Gasteiger partial charge in [0.2, 0.25) is 0 Å². The van der Waals surface area contributed by atoms with Gasteiger partial charge in [-0.05, 0) is 43.9 Å². The number of carbonyl (C=O) groups is 1. The molecule has 10 nitrogen and oxygen atoms in total. The Morgan fingerprint density at radius 3 is 2.75 bits per heavy atom. The van der Waals surface area contributed by atoms with Crippen LogP contribution in [0.3, 0.4) is 0 Å². The van der Waals surface area contributed by atoms with E-state index >= 15 is 0 Å². The van der Waals surface area contributed by atoms with Gasteiger partial charge in [0, 0.05) is 12.1 Å². The van der Waals surface area contributed by atoms with Crippen molar-refractivity contribution in [1.82, 2.24) is 24.2 Å². The first kappa shape index (κ1) is 25.2. The molecule has 0 bridgehead atoms. The number of pyridine rings is 2. The summed E-state index contributed by atoms with van der Waals surface area (Å²) in [5.74, 6) is 4.95. The molecule has 0 aromatic carbocycles. The van der Waals surface area contributed by atoms with Crippen molar-refractivity contribution in [3.05, 3.63) is 47.8 Å². The molecule has 0 saturated carbocycles. The Morgan fingerprint density at radius 1 is 1.31 bits per heavy atom. The van der Waals surface area contributed by atoms with Crippen LogP contribution in [-0.4, -0.2) is 56.6 Å². The molecule has 4 rings (SSSR count). The summed E-state index contributed by atoms with van der Waals surface area (Å²) in [7, 11) is -5.75. The monoisotopic (exact) mass is 526 g/mol. The van der Waals surface area contributed by atoms with Crippen molar-refractivity contribution in [1.29, 1.82) is 0 Å². The second-order valence-electron chi connectivity index (χ2n) is 7.89. The average Bonchev–Trinajstić information content (AvgIpc) is 3.44. The van der Waals surface area contributed by atoms with E-state index in [0.717, 1.165) is 6.20 Å². The molecule has 0 spiro atoms. The Labute approximate surface area is 202 Å². The molecule has 1 fully saturated rings. The number of halogens is 4. The van der Waals surface area contributed by atoms with Gasteiger partial charge in [0.05, 0.1) is 18.3 Å². The second-order valence-corrected chi connectivity index (χ2v) is 9.69. The minimum atomic E-state index is -5.75. The minimum absolute atomic E-state index is 0.0194. The largest absolute Gasteiger partial charge is 0.517 e. The fourth-order valence-electron chi connectivity index (χ4n) is 3.89. The van der Waals surface area contributed by atoms with E-state index in [9.17, 15) is 30.8 Å². The van der Waals surface area contributed by atoms with E-state index in [0.29, 0.717) is 31.3 Å². The third-order valence-corrected chi connectivity index (χ3v) is 6.81. The number of nitrogens with zero attached hydrogens (tertiary/aromatic N) is 5. The lowest BCUT2D eigenvalue weighted by Gasteiger charge is -2.26. The summed E-state index contributed by atoms with van der Waals surface area (Å²) in [6, 6.07) is 2.79. The van der Waals surface area contributed by atoms with Crippen LogP contribution in [0.5, 0.6) is 0 Å². The molecule has 3 aromatic heterocycles. The Morgan fingerprint density at radius 2 is 2.06 bits per heavy atom. The standard InChI is InChI=1S/C21H18F4N6O4S/c1-12(28-20(32)33)4-5-15-14(9-13(22)10-26-15)17-3-2-8-30(17)18-7-6-16-19(29-18)31(11-27-16)36(34,35)21(23,24)25/h6-7,9-12,17,28H,2-3,8H2,1H3,(H,32,33)/t12-,17-/m1/s1. The highest BCUT2D eigenvalue weighted by molar-refractivity contribution is 7.90. The highest BCUT2D eigenvalue weighted by Crippen LogP contribution is 2.37. The number of carboxylic acid groups (broad SMARTS) is 1. The average molecular weight is 526 g/mol. The van der Waals surface area contributed by atoms with Crippen molar-refractivity contribution in [2.45, 2.75) is 37.4 Å². The van der Waals surface area contributed by atoms with Crippen molar-refractivity contribution < 1.29 is 35.9 Å². The molecule has 1 saturated heterocycles. The number of hydrogen-bond donors (Lipinski definition) is 2. The highest BCUT2D eigenvalue weighted by Gasteiger charge is 2.48. The minimum Gasteiger partial charge on any atom is -0.465 e. The number of anilines is 1. The molecule has 36 heavy (non-hydrogen) atoms. The van der Waals surface area contributed by atoms with Crippen molar-refractivity contribution in [3.8, 4) is 11.8 Å². The number of imidazole rings is 1. The molecule has 0 unspecified atom stereocenters. The lowest BCUT2D eigenvalue weighted by molar-refractivity contribution is -0.0445. The Kier molecular flexibility index (Phi) is 6.48. The van der Waals surface area contributed by atoms with E-state index in [-0.39, 0.29) is 21.0 Å². The molecule has 1 aliphatic heterocycles. The van der Waals surface area contributed by atoms with Gasteiger partial charge in [0.15, 0.2) is 5.65 Å². The maximum Gasteiger partial charge on any atom is 0.517 e. The molecular weight excluding hydrogens is 508 g/mol. The zero-order valence-corrected chi connectivity index (χ0v) is 19.3. The zero-order chi connectivity index (χ0) is 26.3. The van der Waals surface area contributed by atoms with Gasteiger partial charge in [-0.15, -0.1) is 0 Å². The maximum atomic E-state index is 14.1. The van der Waals surface area contributed by atoms with Gasteiger partial charge >= 0.3 is 21.6 Å². The molecule has 3 aromatic rings. The van der Waals surface area contributed by atoms with Crippen LogP contribution >= 0.6 is 0 Å². The molecular formula is C21H18F4N6O4S. The zero-order valence-electron chi connectivity index (χ0n) is 18.5. The number of amides is 1. The third kappa shape index (κ3) is 4.76. The molecule has 15 heteroatoms. The van der Waals surface area contributed by atoms with Crippen LogP contribution in [0.2, 0.25) is 0 Å². The van der Waals surface area contributed by atoms with Crippen molar-refractivity contribution in [3.63, 3.8) is 0 Å². The van der Waals surface area contributed by atoms with Crippen LogP contribution in [0.1, 0.15) is 37.1 Å². The number of hydrogen-bond acceptors (Lipinski definition) is 7. The SMILES string of the molecule is C[C@H](C#Cc1ncc(F)cc1[C@H]1CCCN1c1ccc2ncn(S(=O)(=O)C(F)(F)F)c2n1)NC(=O)O. The Hall–Kier alpha value is -3.93.